The molecule has 1 atom stereocenters. The van der Waals surface area contributed by atoms with Crippen LogP contribution in [0, 0.1) is 0 Å². The number of nitrogens with two attached hydrogens (primary N) is 1. The molecule has 0 saturated carbocycles. The molecule has 8 heavy (non-hydrogen) atoms. The Labute approximate surface area is 49.9 Å². The van der Waals surface area contributed by atoms with E-state index in [1.54, 1.807) is 0 Å². The average Bonchev–Trinajstić information content (AvgIpc) is 1.64. The monoisotopic (exact) mass is 109 g/mol. The van der Waals surface area contributed by atoms with E-state index in [0.29, 0.717) is 0 Å². The predicted octanol–water partition coefficient (Wildman–Crippen LogP) is 1.22. The summed E-state index contributed by atoms with van der Waals surface area (Å²) in [6.45, 7) is 2.10. The molecule has 0 bridgehead atoms. The third-order valence-corrected chi connectivity index (χ3v) is 1.30. The zero-order valence-corrected chi connectivity index (χ0v) is 5.09. The van der Waals surface area contributed by atoms with Crippen LogP contribution in [0.5, 0.6) is 0 Å². The maximum Gasteiger partial charge on any atom is 0.0264 e. The number of allylic oxidation sites excluding steroid dienone is 2. The minimum absolute atomic E-state index is 0.264. The van der Waals surface area contributed by atoms with Gasteiger partial charge in [0.1, 0.15) is 0 Å². The molecule has 2 N–H and O–H groups in total. The zero-order valence-electron chi connectivity index (χ0n) is 5.09. The van der Waals surface area contributed by atoms with Gasteiger partial charge in [-0.1, -0.05) is 23.8 Å². The van der Waals surface area contributed by atoms with Gasteiger partial charge in [-0.2, -0.15) is 0 Å². The Morgan fingerprint density at radius 1 is 1.75 bits per heavy atom. The summed E-state index contributed by atoms with van der Waals surface area (Å²) in [7, 11) is 0. The molecule has 0 aromatic heterocycles. The average molecular weight is 109 g/mol. The first-order chi connectivity index (χ1) is 3.79. The summed E-state index contributed by atoms with van der Waals surface area (Å²) in [4.78, 5) is 0. The lowest BCUT2D eigenvalue weighted by Crippen LogP contribution is -2.18. The SMILES string of the molecule is CC1=CC=CC(N)C1. The predicted molar refractivity (Wildman–Crippen MR) is 35.5 cm³/mol. The van der Waals surface area contributed by atoms with Gasteiger partial charge in [-0.3, -0.25) is 0 Å². The van der Waals surface area contributed by atoms with E-state index in [9.17, 15) is 0 Å². The lowest BCUT2D eigenvalue weighted by Gasteiger charge is -2.09. The maximum absolute atomic E-state index is 5.60. The van der Waals surface area contributed by atoms with Gasteiger partial charge >= 0.3 is 0 Å². The summed E-state index contributed by atoms with van der Waals surface area (Å²) in [6.07, 6.45) is 7.16. The van der Waals surface area contributed by atoms with Crippen molar-refractivity contribution in [3.8, 4) is 0 Å². The van der Waals surface area contributed by atoms with Gasteiger partial charge in [0.15, 0.2) is 0 Å². The Bertz CT molecular complexity index is 133. The molecule has 1 unspecified atom stereocenters. The summed E-state index contributed by atoms with van der Waals surface area (Å²) in [5.74, 6) is 0. The van der Waals surface area contributed by atoms with Crippen molar-refractivity contribution in [2.45, 2.75) is 19.4 Å². The highest BCUT2D eigenvalue weighted by Crippen LogP contribution is 2.08. The van der Waals surface area contributed by atoms with E-state index in [1.807, 2.05) is 12.2 Å². The van der Waals surface area contributed by atoms with Gasteiger partial charge in [0.25, 0.3) is 0 Å². The first-order valence-electron chi connectivity index (χ1n) is 2.88. The van der Waals surface area contributed by atoms with Gasteiger partial charge in [0.05, 0.1) is 0 Å². The molecule has 0 fully saturated rings. The van der Waals surface area contributed by atoms with E-state index in [0.717, 1.165) is 6.42 Å². The normalized spacial score (nSPS) is 27.8. The van der Waals surface area contributed by atoms with E-state index < -0.39 is 0 Å². The fourth-order valence-electron chi connectivity index (χ4n) is 0.870. The Kier molecular flexibility index (Phi) is 1.49. The Morgan fingerprint density at radius 3 is 2.88 bits per heavy atom. The van der Waals surface area contributed by atoms with Crippen molar-refractivity contribution in [2.24, 2.45) is 5.73 Å². The second-order valence-corrected chi connectivity index (χ2v) is 2.27. The molecule has 44 valence electrons. The second-order valence-electron chi connectivity index (χ2n) is 2.27. The van der Waals surface area contributed by atoms with Crippen LogP contribution in [-0.2, 0) is 0 Å². The lowest BCUT2D eigenvalue weighted by atomic mass is 10.0. The van der Waals surface area contributed by atoms with Crippen molar-refractivity contribution in [3.63, 3.8) is 0 Å². The Morgan fingerprint density at radius 2 is 2.50 bits per heavy atom. The van der Waals surface area contributed by atoms with E-state index in [1.165, 1.54) is 5.57 Å². The molecule has 0 heterocycles. The quantitative estimate of drug-likeness (QED) is 0.497. The summed E-state index contributed by atoms with van der Waals surface area (Å²) in [5.41, 5.74) is 6.97. The van der Waals surface area contributed by atoms with Crippen LogP contribution in [0.25, 0.3) is 0 Å². The molecule has 0 amide bonds. The van der Waals surface area contributed by atoms with Crippen molar-refractivity contribution in [1.82, 2.24) is 0 Å². The Balaban J connectivity index is 2.59. The van der Waals surface area contributed by atoms with Crippen LogP contribution in [0.15, 0.2) is 23.8 Å². The highest BCUT2D eigenvalue weighted by atomic mass is 14.6. The van der Waals surface area contributed by atoms with E-state index >= 15 is 0 Å². The highest BCUT2D eigenvalue weighted by Gasteiger charge is 2.00. The number of rotatable bonds is 0. The summed E-state index contributed by atoms with van der Waals surface area (Å²) >= 11 is 0. The van der Waals surface area contributed by atoms with Crippen molar-refractivity contribution in [3.05, 3.63) is 23.8 Å². The fraction of sp³-hybridized carbons (Fsp3) is 0.429. The summed E-state index contributed by atoms with van der Waals surface area (Å²) in [5, 5.41) is 0. The molecule has 0 aromatic carbocycles. The van der Waals surface area contributed by atoms with Crippen LogP contribution in [0.1, 0.15) is 13.3 Å². The molecule has 0 aliphatic heterocycles. The van der Waals surface area contributed by atoms with Crippen LogP contribution < -0.4 is 5.73 Å². The minimum Gasteiger partial charge on any atom is -0.324 e. The van der Waals surface area contributed by atoms with Crippen LogP contribution in [-0.4, -0.2) is 6.04 Å². The third kappa shape index (κ3) is 1.20. The third-order valence-electron chi connectivity index (χ3n) is 1.30. The van der Waals surface area contributed by atoms with Gasteiger partial charge in [0, 0.05) is 6.04 Å². The molecule has 1 heteroatoms. The largest absolute Gasteiger partial charge is 0.324 e. The van der Waals surface area contributed by atoms with Gasteiger partial charge in [-0.25, -0.2) is 0 Å². The summed E-state index contributed by atoms with van der Waals surface area (Å²) in [6, 6.07) is 0.264. The number of hydrogen-bond acceptors (Lipinski definition) is 1. The number of hydrogen-bond donors (Lipinski definition) is 1. The van der Waals surface area contributed by atoms with Gasteiger partial charge < -0.3 is 5.73 Å². The second kappa shape index (κ2) is 2.14. The maximum atomic E-state index is 5.60. The first-order valence-corrected chi connectivity index (χ1v) is 2.88. The van der Waals surface area contributed by atoms with Gasteiger partial charge in [0.2, 0.25) is 0 Å². The minimum atomic E-state index is 0.264. The molecule has 0 radical (unpaired) electrons. The molecular weight excluding hydrogens is 98.1 g/mol. The smallest absolute Gasteiger partial charge is 0.0264 e. The summed E-state index contributed by atoms with van der Waals surface area (Å²) < 4.78 is 0. The first kappa shape index (κ1) is 5.57. The Hall–Kier alpha value is -0.560. The fourth-order valence-corrected chi connectivity index (χ4v) is 0.870. The molecule has 0 spiro atoms. The zero-order chi connectivity index (χ0) is 5.98. The standard InChI is InChI=1S/C7H11N/c1-6-3-2-4-7(8)5-6/h2-4,7H,5,8H2,1H3. The topological polar surface area (TPSA) is 26.0 Å². The van der Waals surface area contributed by atoms with E-state index in [2.05, 4.69) is 13.0 Å². The van der Waals surface area contributed by atoms with Crippen LogP contribution in [0.2, 0.25) is 0 Å². The van der Waals surface area contributed by atoms with Crippen molar-refractivity contribution in [2.75, 3.05) is 0 Å². The van der Waals surface area contributed by atoms with Crippen LogP contribution in [0.3, 0.4) is 0 Å². The molecule has 1 nitrogen and oxygen atoms in total. The molecule has 1 aliphatic carbocycles. The van der Waals surface area contributed by atoms with Gasteiger partial charge in [-0.05, 0) is 13.3 Å². The molecule has 0 aromatic rings. The van der Waals surface area contributed by atoms with E-state index in [-0.39, 0.29) is 6.04 Å². The van der Waals surface area contributed by atoms with Crippen molar-refractivity contribution >= 4 is 0 Å². The van der Waals surface area contributed by atoms with E-state index in [4.69, 9.17) is 5.73 Å². The molecule has 1 aliphatic rings. The highest BCUT2D eigenvalue weighted by molar-refractivity contribution is 5.19. The molecular formula is C7H11N. The van der Waals surface area contributed by atoms with Crippen LogP contribution in [0.4, 0.5) is 0 Å². The lowest BCUT2D eigenvalue weighted by molar-refractivity contribution is 0.790. The van der Waals surface area contributed by atoms with Crippen molar-refractivity contribution in [1.29, 1.82) is 0 Å². The molecule has 1 rings (SSSR count). The molecule has 0 saturated heterocycles. The van der Waals surface area contributed by atoms with Crippen LogP contribution >= 0.6 is 0 Å². The van der Waals surface area contributed by atoms with Gasteiger partial charge in [-0.15, -0.1) is 0 Å². The van der Waals surface area contributed by atoms with Crippen molar-refractivity contribution < 1.29 is 0 Å².